The molecular weight excluding hydrogens is 356 g/mol. The van der Waals surface area contributed by atoms with Crippen molar-refractivity contribution in [3.05, 3.63) is 69.6 Å². The summed E-state index contributed by atoms with van der Waals surface area (Å²) in [5.41, 5.74) is 1.41. The number of carbonyl (C=O) groups excluding carboxylic acids is 1. The number of aromatic amines is 1. The quantitative estimate of drug-likeness (QED) is 0.623. The largest absolute Gasteiger partial charge is 0.380 e. The highest BCUT2D eigenvalue weighted by atomic mass is 19.1. The number of H-pyrrole nitrogens is 1. The first-order valence-corrected chi connectivity index (χ1v) is 8.52. The van der Waals surface area contributed by atoms with Crippen LogP contribution >= 0.6 is 0 Å². The number of nitrogens with zero attached hydrogens (tertiary/aromatic N) is 1. The summed E-state index contributed by atoms with van der Waals surface area (Å²) in [4.78, 5) is 27.1. The first-order valence-electron chi connectivity index (χ1n) is 8.52. The zero-order chi connectivity index (χ0) is 19.4. The molecule has 2 aromatic carbocycles. The lowest BCUT2D eigenvalue weighted by atomic mass is 10.1. The number of ether oxygens (including phenoxy) is 1. The second-order valence-electron chi connectivity index (χ2n) is 5.93. The van der Waals surface area contributed by atoms with Gasteiger partial charge in [0.05, 0.1) is 24.2 Å². The van der Waals surface area contributed by atoms with Gasteiger partial charge in [0, 0.05) is 30.3 Å². The van der Waals surface area contributed by atoms with Gasteiger partial charge in [-0.3, -0.25) is 9.36 Å². The zero-order valence-electron chi connectivity index (χ0n) is 14.7. The third-order valence-corrected chi connectivity index (χ3v) is 4.15. The number of aromatic nitrogens is 2. The van der Waals surface area contributed by atoms with Crippen LogP contribution in [0.2, 0.25) is 0 Å². The molecule has 1 amide bonds. The van der Waals surface area contributed by atoms with Crippen molar-refractivity contribution >= 4 is 16.9 Å². The molecule has 0 saturated carbocycles. The highest BCUT2D eigenvalue weighted by molar-refractivity contribution is 5.97. The molecule has 3 aromatic rings. The van der Waals surface area contributed by atoms with Crippen LogP contribution in [0.4, 0.5) is 8.78 Å². The van der Waals surface area contributed by atoms with E-state index in [0.717, 1.165) is 12.1 Å². The van der Waals surface area contributed by atoms with Crippen LogP contribution in [-0.4, -0.2) is 28.7 Å². The number of rotatable bonds is 7. The smallest absolute Gasteiger partial charge is 0.326 e. The molecule has 1 aromatic heterocycles. The molecule has 2 N–H and O–H groups in total. The molecule has 0 saturated heterocycles. The molecule has 0 unspecified atom stereocenters. The maximum Gasteiger partial charge on any atom is 0.326 e. The highest BCUT2D eigenvalue weighted by Gasteiger charge is 2.12. The number of hydrogen-bond donors (Lipinski definition) is 2. The Labute approximate surface area is 153 Å². The lowest BCUT2D eigenvalue weighted by Crippen LogP contribution is -2.23. The minimum atomic E-state index is -0.721. The molecule has 0 aliphatic heterocycles. The first-order chi connectivity index (χ1) is 13.0. The number of fused-ring (bicyclic) bond motifs is 1. The predicted molar refractivity (Wildman–Crippen MR) is 96.6 cm³/mol. The summed E-state index contributed by atoms with van der Waals surface area (Å²) in [5, 5.41) is 2.58. The van der Waals surface area contributed by atoms with Gasteiger partial charge in [-0.2, -0.15) is 0 Å². The van der Waals surface area contributed by atoms with Gasteiger partial charge >= 0.3 is 5.69 Å². The van der Waals surface area contributed by atoms with E-state index >= 15 is 0 Å². The molecule has 0 aliphatic carbocycles. The van der Waals surface area contributed by atoms with Gasteiger partial charge in [-0.1, -0.05) is 6.07 Å². The average Bonchev–Trinajstić information content (AvgIpc) is 2.95. The summed E-state index contributed by atoms with van der Waals surface area (Å²) in [6.45, 7) is 3.18. The van der Waals surface area contributed by atoms with Crippen LogP contribution in [0, 0.1) is 11.6 Å². The third-order valence-electron chi connectivity index (χ3n) is 4.15. The molecule has 1 heterocycles. The van der Waals surface area contributed by atoms with Gasteiger partial charge < -0.3 is 15.0 Å². The van der Waals surface area contributed by atoms with Crippen molar-refractivity contribution in [2.45, 2.75) is 20.0 Å². The van der Waals surface area contributed by atoms with Gasteiger partial charge in [0.2, 0.25) is 0 Å². The summed E-state index contributed by atoms with van der Waals surface area (Å²) < 4.78 is 33.4. The molecule has 142 valence electrons. The van der Waals surface area contributed by atoms with Gasteiger partial charge in [0.15, 0.2) is 0 Å². The third kappa shape index (κ3) is 4.22. The Hall–Kier alpha value is -3.00. The van der Waals surface area contributed by atoms with Crippen molar-refractivity contribution < 1.29 is 18.3 Å². The maximum atomic E-state index is 13.6. The Balaban J connectivity index is 1.74. The van der Waals surface area contributed by atoms with Gasteiger partial charge in [0.25, 0.3) is 5.91 Å². The Morgan fingerprint density at radius 1 is 1.22 bits per heavy atom. The highest BCUT2D eigenvalue weighted by Crippen LogP contribution is 2.14. The summed E-state index contributed by atoms with van der Waals surface area (Å²) in [6.07, 6.45) is 0. The van der Waals surface area contributed by atoms with Gasteiger partial charge in [-0.05, 0) is 31.2 Å². The molecular formula is C19H19F2N3O3. The van der Waals surface area contributed by atoms with E-state index < -0.39 is 17.5 Å². The number of imidazole rings is 1. The molecule has 6 nitrogen and oxygen atoms in total. The topological polar surface area (TPSA) is 76.1 Å². The van der Waals surface area contributed by atoms with Crippen LogP contribution in [0.25, 0.3) is 11.0 Å². The van der Waals surface area contributed by atoms with E-state index in [-0.39, 0.29) is 17.8 Å². The minimum absolute atomic E-state index is 0.0745. The molecule has 0 atom stereocenters. The van der Waals surface area contributed by atoms with Crippen LogP contribution in [0.5, 0.6) is 0 Å². The van der Waals surface area contributed by atoms with Gasteiger partial charge in [0.1, 0.15) is 11.6 Å². The predicted octanol–water partition coefficient (Wildman–Crippen LogP) is 2.57. The van der Waals surface area contributed by atoms with Gasteiger partial charge in [-0.15, -0.1) is 0 Å². The monoisotopic (exact) mass is 375 g/mol. The number of carbonyl (C=O) groups is 1. The van der Waals surface area contributed by atoms with Crippen molar-refractivity contribution in [2.75, 3.05) is 13.2 Å². The van der Waals surface area contributed by atoms with Crippen molar-refractivity contribution in [2.24, 2.45) is 0 Å². The number of halogens is 2. The second kappa shape index (κ2) is 8.13. The number of hydrogen-bond acceptors (Lipinski definition) is 3. The SMILES string of the molecule is CCOCCn1c(=O)[nH]c2cc(C(=O)NCc3ccc(F)cc3F)ccc21. The van der Waals surface area contributed by atoms with Crippen LogP contribution in [-0.2, 0) is 17.8 Å². The van der Waals surface area contributed by atoms with Crippen LogP contribution < -0.4 is 11.0 Å². The Morgan fingerprint density at radius 2 is 2.04 bits per heavy atom. The lowest BCUT2D eigenvalue weighted by Gasteiger charge is -2.07. The normalized spacial score (nSPS) is 11.1. The number of amides is 1. The van der Waals surface area contributed by atoms with Crippen LogP contribution in [0.3, 0.4) is 0 Å². The molecule has 0 bridgehead atoms. The Kier molecular flexibility index (Phi) is 5.66. The van der Waals surface area contributed by atoms with Crippen molar-refractivity contribution in [1.29, 1.82) is 0 Å². The Bertz CT molecular complexity index is 1030. The van der Waals surface area contributed by atoms with E-state index in [1.165, 1.54) is 6.07 Å². The molecule has 3 rings (SSSR count). The number of nitrogens with one attached hydrogen (secondary N) is 2. The Morgan fingerprint density at radius 3 is 2.78 bits per heavy atom. The van der Waals surface area contributed by atoms with Crippen LogP contribution in [0.1, 0.15) is 22.8 Å². The van der Waals surface area contributed by atoms with Crippen molar-refractivity contribution in [1.82, 2.24) is 14.9 Å². The minimum Gasteiger partial charge on any atom is -0.380 e. The van der Waals surface area contributed by atoms with E-state index in [2.05, 4.69) is 10.3 Å². The van der Waals surface area contributed by atoms with E-state index in [4.69, 9.17) is 4.74 Å². The van der Waals surface area contributed by atoms with Crippen LogP contribution in [0.15, 0.2) is 41.2 Å². The fourth-order valence-electron chi connectivity index (χ4n) is 2.77. The molecule has 0 spiro atoms. The van der Waals surface area contributed by atoms with E-state index in [1.54, 1.807) is 22.8 Å². The molecule has 27 heavy (non-hydrogen) atoms. The maximum absolute atomic E-state index is 13.6. The fourth-order valence-corrected chi connectivity index (χ4v) is 2.77. The zero-order valence-corrected chi connectivity index (χ0v) is 14.7. The summed E-state index contributed by atoms with van der Waals surface area (Å²) >= 11 is 0. The standard InChI is InChI=1S/C19H19F2N3O3/c1-2-27-8-7-24-17-6-4-12(9-16(17)23-19(24)26)18(25)22-11-13-3-5-14(20)10-15(13)21/h3-6,9-10H,2,7-8,11H2,1H3,(H,22,25)(H,23,26). The molecule has 8 heteroatoms. The second-order valence-corrected chi connectivity index (χ2v) is 5.93. The van der Waals surface area contributed by atoms with Crippen molar-refractivity contribution in [3.8, 4) is 0 Å². The number of benzene rings is 2. The van der Waals surface area contributed by atoms with E-state index in [9.17, 15) is 18.4 Å². The van der Waals surface area contributed by atoms with E-state index in [1.807, 2.05) is 6.92 Å². The fraction of sp³-hybridized carbons (Fsp3) is 0.263. The lowest BCUT2D eigenvalue weighted by molar-refractivity contribution is 0.0950. The molecule has 0 aliphatic rings. The summed E-state index contributed by atoms with van der Waals surface area (Å²) in [5.74, 6) is -1.82. The van der Waals surface area contributed by atoms with E-state index in [0.29, 0.717) is 36.4 Å². The van der Waals surface area contributed by atoms with Crippen molar-refractivity contribution in [3.63, 3.8) is 0 Å². The van der Waals surface area contributed by atoms with Gasteiger partial charge in [-0.25, -0.2) is 13.6 Å². The first kappa shape index (κ1) is 18.8. The summed E-state index contributed by atoms with van der Waals surface area (Å²) in [6, 6.07) is 8.00. The average molecular weight is 375 g/mol. The summed E-state index contributed by atoms with van der Waals surface area (Å²) in [7, 11) is 0. The molecule has 0 fully saturated rings. The molecule has 0 radical (unpaired) electrons.